The molecule has 0 aliphatic heterocycles. The van der Waals surface area contributed by atoms with E-state index < -0.39 is 0 Å². The first-order chi connectivity index (χ1) is 9.55. The molecular weight excluding hydrogens is 260 g/mol. The molecule has 0 aliphatic rings. The number of aryl methyl sites for hydroxylation is 2. The van der Waals surface area contributed by atoms with Crippen molar-refractivity contribution in [1.82, 2.24) is 5.16 Å². The minimum atomic E-state index is -0.339. The summed E-state index contributed by atoms with van der Waals surface area (Å²) in [5.41, 5.74) is 1.26. The molecule has 106 valence electrons. The van der Waals surface area contributed by atoms with Crippen LogP contribution < -0.4 is 14.8 Å². The number of hydrogen-bond donors (Lipinski definition) is 1. The maximum Gasteiger partial charge on any atom is 0.260 e. The molecule has 0 atom stereocenters. The molecule has 0 saturated heterocycles. The Kier molecular flexibility index (Phi) is 3.93. The largest absolute Gasteiger partial charge is 0.496 e. The number of carbonyl (C=O) groups is 1. The fourth-order valence-corrected chi connectivity index (χ4v) is 1.84. The molecule has 1 N–H and O–H groups in total. The Morgan fingerprint density at radius 1 is 1.15 bits per heavy atom. The van der Waals surface area contributed by atoms with Crippen LogP contribution in [0.15, 0.2) is 22.7 Å². The second kappa shape index (κ2) is 5.64. The van der Waals surface area contributed by atoms with Crippen LogP contribution in [0.1, 0.15) is 21.7 Å². The molecule has 1 aromatic carbocycles. The van der Waals surface area contributed by atoms with Crippen molar-refractivity contribution in [2.24, 2.45) is 0 Å². The molecule has 6 nitrogen and oxygen atoms in total. The van der Waals surface area contributed by atoms with E-state index in [0.717, 1.165) is 5.56 Å². The van der Waals surface area contributed by atoms with Crippen molar-refractivity contribution in [3.8, 4) is 11.5 Å². The Balaban J connectivity index is 2.32. The highest BCUT2D eigenvalue weighted by Gasteiger charge is 2.17. The van der Waals surface area contributed by atoms with Gasteiger partial charge in [-0.15, -0.1) is 0 Å². The van der Waals surface area contributed by atoms with Crippen LogP contribution in [0.4, 0.5) is 5.82 Å². The third kappa shape index (κ3) is 2.74. The summed E-state index contributed by atoms with van der Waals surface area (Å²) in [6.45, 7) is 3.63. The Bertz CT molecular complexity index is 634. The molecule has 1 heterocycles. The number of nitrogens with zero attached hydrogens (tertiary/aromatic N) is 1. The number of amides is 1. The van der Waals surface area contributed by atoms with E-state index >= 15 is 0 Å². The lowest BCUT2D eigenvalue weighted by Crippen LogP contribution is -2.14. The van der Waals surface area contributed by atoms with Gasteiger partial charge in [-0.25, -0.2) is 0 Å². The van der Waals surface area contributed by atoms with Crippen molar-refractivity contribution in [3.05, 3.63) is 35.1 Å². The summed E-state index contributed by atoms with van der Waals surface area (Å²) >= 11 is 0. The fourth-order valence-electron chi connectivity index (χ4n) is 1.84. The van der Waals surface area contributed by atoms with Crippen molar-refractivity contribution in [2.75, 3.05) is 19.5 Å². The van der Waals surface area contributed by atoms with Gasteiger partial charge >= 0.3 is 0 Å². The van der Waals surface area contributed by atoms with Crippen LogP contribution in [0.2, 0.25) is 0 Å². The molecule has 0 spiro atoms. The van der Waals surface area contributed by atoms with Gasteiger partial charge in [0.1, 0.15) is 17.3 Å². The zero-order valence-electron chi connectivity index (χ0n) is 11.8. The van der Waals surface area contributed by atoms with E-state index in [9.17, 15) is 4.79 Å². The van der Waals surface area contributed by atoms with Gasteiger partial charge in [0, 0.05) is 6.07 Å². The summed E-state index contributed by atoms with van der Waals surface area (Å²) in [5.74, 6) is 1.73. The maximum atomic E-state index is 12.3. The van der Waals surface area contributed by atoms with Crippen molar-refractivity contribution in [2.45, 2.75) is 13.8 Å². The first-order valence-corrected chi connectivity index (χ1v) is 6.02. The summed E-state index contributed by atoms with van der Waals surface area (Å²) < 4.78 is 15.4. The van der Waals surface area contributed by atoms with Gasteiger partial charge in [-0.2, -0.15) is 0 Å². The van der Waals surface area contributed by atoms with Gasteiger partial charge < -0.3 is 19.3 Å². The number of nitrogens with one attached hydrogen (secondary N) is 1. The van der Waals surface area contributed by atoms with Gasteiger partial charge in [0.05, 0.1) is 19.8 Å². The number of anilines is 1. The summed E-state index contributed by atoms with van der Waals surface area (Å²) in [5, 5.41) is 6.36. The number of hydrogen-bond acceptors (Lipinski definition) is 5. The molecule has 0 saturated carbocycles. The van der Waals surface area contributed by atoms with Crippen LogP contribution in [0.3, 0.4) is 0 Å². The van der Waals surface area contributed by atoms with Gasteiger partial charge in [-0.3, -0.25) is 4.79 Å². The first kappa shape index (κ1) is 13.9. The molecule has 0 bridgehead atoms. The van der Waals surface area contributed by atoms with E-state index in [-0.39, 0.29) is 5.91 Å². The smallest absolute Gasteiger partial charge is 0.260 e. The topological polar surface area (TPSA) is 73.6 Å². The number of rotatable bonds is 4. The number of carbonyl (C=O) groups excluding carboxylic acids is 1. The van der Waals surface area contributed by atoms with E-state index in [1.54, 1.807) is 32.2 Å². The standard InChI is InChI=1S/C14H16N2O4/c1-8-5-12(19-4)10(7-11(8)18-3)14(17)15-13-6-9(2)20-16-13/h5-7H,1-4H3,(H,15,16,17). The normalized spacial score (nSPS) is 10.2. The van der Waals surface area contributed by atoms with Crippen LogP contribution in [-0.4, -0.2) is 25.3 Å². The van der Waals surface area contributed by atoms with E-state index in [1.807, 2.05) is 6.92 Å². The predicted molar refractivity (Wildman–Crippen MR) is 73.5 cm³/mol. The highest BCUT2D eigenvalue weighted by Crippen LogP contribution is 2.28. The van der Waals surface area contributed by atoms with Crippen molar-refractivity contribution in [1.29, 1.82) is 0 Å². The number of benzene rings is 1. The number of ether oxygens (including phenoxy) is 2. The third-order valence-corrected chi connectivity index (χ3v) is 2.83. The van der Waals surface area contributed by atoms with Crippen LogP contribution in [-0.2, 0) is 0 Å². The van der Waals surface area contributed by atoms with Gasteiger partial charge in [0.2, 0.25) is 0 Å². The zero-order chi connectivity index (χ0) is 14.7. The highest BCUT2D eigenvalue weighted by atomic mass is 16.5. The van der Waals surface area contributed by atoms with Crippen molar-refractivity contribution in [3.63, 3.8) is 0 Å². The molecule has 0 radical (unpaired) electrons. The van der Waals surface area contributed by atoms with Crippen LogP contribution in [0.25, 0.3) is 0 Å². The van der Waals surface area contributed by atoms with E-state index in [0.29, 0.717) is 28.6 Å². The van der Waals surface area contributed by atoms with Crippen LogP contribution >= 0.6 is 0 Å². The number of aromatic nitrogens is 1. The van der Waals surface area contributed by atoms with Crippen molar-refractivity contribution >= 4 is 11.7 Å². The average Bonchev–Trinajstić information content (AvgIpc) is 2.83. The summed E-state index contributed by atoms with van der Waals surface area (Å²) in [6.07, 6.45) is 0. The monoisotopic (exact) mass is 276 g/mol. The van der Waals surface area contributed by atoms with Crippen LogP contribution in [0, 0.1) is 13.8 Å². The third-order valence-electron chi connectivity index (χ3n) is 2.83. The van der Waals surface area contributed by atoms with Gasteiger partial charge in [-0.05, 0) is 31.5 Å². The Labute approximate surface area is 116 Å². The molecule has 0 unspecified atom stereocenters. The molecule has 0 aliphatic carbocycles. The highest BCUT2D eigenvalue weighted by molar-refractivity contribution is 6.06. The van der Waals surface area contributed by atoms with Crippen LogP contribution in [0.5, 0.6) is 11.5 Å². The summed E-state index contributed by atoms with van der Waals surface area (Å²) in [6, 6.07) is 5.02. The Hall–Kier alpha value is -2.50. The quantitative estimate of drug-likeness (QED) is 0.929. The molecule has 20 heavy (non-hydrogen) atoms. The lowest BCUT2D eigenvalue weighted by molar-refractivity contribution is 0.102. The van der Waals surface area contributed by atoms with Gasteiger partial charge in [-0.1, -0.05) is 5.16 Å². The van der Waals surface area contributed by atoms with Crippen molar-refractivity contribution < 1.29 is 18.8 Å². The zero-order valence-corrected chi connectivity index (χ0v) is 11.8. The summed E-state index contributed by atoms with van der Waals surface area (Å²) in [7, 11) is 3.07. The second-order valence-corrected chi connectivity index (χ2v) is 4.30. The van der Waals surface area contributed by atoms with E-state index in [2.05, 4.69) is 10.5 Å². The van der Waals surface area contributed by atoms with Gasteiger partial charge in [0.25, 0.3) is 5.91 Å². The Morgan fingerprint density at radius 3 is 2.40 bits per heavy atom. The van der Waals surface area contributed by atoms with Gasteiger partial charge in [0.15, 0.2) is 5.82 Å². The second-order valence-electron chi connectivity index (χ2n) is 4.30. The Morgan fingerprint density at radius 2 is 1.85 bits per heavy atom. The minimum absolute atomic E-state index is 0.339. The lowest BCUT2D eigenvalue weighted by atomic mass is 10.1. The fraction of sp³-hybridized carbons (Fsp3) is 0.286. The maximum absolute atomic E-state index is 12.3. The van der Waals surface area contributed by atoms with E-state index in [4.69, 9.17) is 14.0 Å². The predicted octanol–water partition coefficient (Wildman–Crippen LogP) is 2.56. The molecule has 2 aromatic rings. The lowest BCUT2D eigenvalue weighted by Gasteiger charge is -2.12. The number of methoxy groups -OCH3 is 2. The SMILES string of the molecule is COc1cc(C(=O)Nc2cc(C)on2)c(OC)cc1C. The molecule has 6 heteroatoms. The first-order valence-electron chi connectivity index (χ1n) is 6.02. The molecular formula is C14H16N2O4. The minimum Gasteiger partial charge on any atom is -0.496 e. The molecule has 1 aromatic heterocycles. The molecule has 0 fully saturated rings. The molecule has 1 amide bonds. The summed E-state index contributed by atoms with van der Waals surface area (Å²) in [4.78, 5) is 12.3. The van der Waals surface area contributed by atoms with E-state index in [1.165, 1.54) is 7.11 Å². The average molecular weight is 276 g/mol. The molecule has 2 rings (SSSR count).